The number of nitrogens with one attached hydrogen (secondary N) is 1. The van der Waals surface area contributed by atoms with E-state index in [-0.39, 0.29) is 5.75 Å². The summed E-state index contributed by atoms with van der Waals surface area (Å²) in [6.07, 6.45) is 2.57. The van der Waals surface area contributed by atoms with E-state index >= 15 is 0 Å². The lowest BCUT2D eigenvalue weighted by Gasteiger charge is -2.06. The SMILES string of the molecule is CCc1nc(Br)cc(NCCCS(C)(=O)=O)n1. The minimum atomic E-state index is -2.88. The van der Waals surface area contributed by atoms with Gasteiger partial charge in [0.2, 0.25) is 0 Å². The van der Waals surface area contributed by atoms with Gasteiger partial charge in [-0.15, -0.1) is 0 Å². The molecule has 0 saturated carbocycles. The number of hydrogen-bond donors (Lipinski definition) is 1. The van der Waals surface area contributed by atoms with Gasteiger partial charge in [0, 0.05) is 25.3 Å². The van der Waals surface area contributed by atoms with Crippen LogP contribution in [-0.4, -0.2) is 36.9 Å². The fraction of sp³-hybridized carbons (Fsp3) is 0.600. The molecule has 0 amide bonds. The Bertz CT molecular complexity index is 476. The van der Waals surface area contributed by atoms with Crippen LogP contribution in [0.3, 0.4) is 0 Å². The molecule has 1 aromatic rings. The van der Waals surface area contributed by atoms with E-state index in [2.05, 4.69) is 31.2 Å². The molecule has 0 aromatic carbocycles. The maximum atomic E-state index is 10.9. The first-order valence-electron chi connectivity index (χ1n) is 5.36. The van der Waals surface area contributed by atoms with Crippen LogP contribution in [0, 0.1) is 0 Å². The Morgan fingerprint density at radius 1 is 1.41 bits per heavy atom. The molecule has 0 spiro atoms. The fourth-order valence-electron chi connectivity index (χ4n) is 1.26. The van der Waals surface area contributed by atoms with E-state index in [1.54, 1.807) is 6.07 Å². The van der Waals surface area contributed by atoms with Crippen molar-refractivity contribution < 1.29 is 8.42 Å². The third-order valence-corrected chi connectivity index (χ3v) is 3.49. The van der Waals surface area contributed by atoms with Crippen molar-refractivity contribution in [2.45, 2.75) is 19.8 Å². The Balaban J connectivity index is 2.49. The predicted octanol–water partition coefficient (Wildman–Crippen LogP) is 1.65. The zero-order chi connectivity index (χ0) is 12.9. The Hall–Kier alpha value is -0.690. The molecule has 0 radical (unpaired) electrons. The molecule has 7 heteroatoms. The molecule has 1 heterocycles. The summed E-state index contributed by atoms with van der Waals surface area (Å²) >= 11 is 3.31. The van der Waals surface area contributed by atoms with Gasteiger partial charge in [-0.2, -0.15) is 0 Å². The number of anilines is 1. The van der Waals surface area contributed by atoms with E-state index in [1.807, 2.05) is 6.92 Å². The molecule has 5 nitrogen and oxygen atoms in total. The Kier molecular flexibility index (Phi) is 5.32. The van der Waals surface area contributed by atoms with Crippen LogP contribution < -0.4 is 5.32 Å². The fourth-order valence-corrected chi connectivity index (χ4v) is 2.35. The first-order chi connectivity index (χ1) is 7.90. The Morgan fingerprint density at radius 3 is 2.71 bits per heavy atom. The standard InChI is InChI=1S/C10H16BrN3O2S/c1-3-9-13-8(11)7-10(14-9)12-5-4-6-17(2,15)16/h7H,3-6H2,1-2H3,(H,12,13,14). The van der Waals surface area contributed by atoms with Gasteiger partial charge >= 0.3 is 0 Å². The van der Waals surface area contributed by atoms with Crippen molar-refractivity contribution in [2.75, 3.05) is 23.9 Å². The second kappa shape index (κ2) is 6.30. The van der Waals surface area contributed by atoms with Gasteiger partial charge in [0.05, 0.1) is 5.75 Å². The van der Waals surface area contributed by atoms with E-state index in [0.717, 1.165) is 22.7 Å². The number of aromatic nitrogens is 2. The first kappa shape index (κ1) is 14.4. The lowest BCUT2D eigenvalue weighted by atomic mass is 10.4. The molecular formula is C10H16BrN3O2S. The van der Waals surface area contributed by atoms with Gasteiger partial charge in [0.15, 0.2) is 0 Å². The summed E-state index contributed by atoms with van der Waals surface area (Å²) in [4.78, 5) is 8.47. The van der Waals surface area contributed by atoms with Crippen LogP contribution >= 0.6 is 15.9 Å². The molecule has 0 unspecified atom stereocenters. The zero-order valence-corrected chi connectivity index (χ0v) is 12.3. The van der Waals surface area contributed by atoms with Crippen LogP contribution in [0.2, 0.25) is 0 Å². The monoisotopic (exact) mass is 321 g/mol. The molecule has 0 aliphatic rings. The first-order valence-corrected chi connectivity index (χ1v) is 8.21. The molecule has 0 aliphatic carbocycles. The van der Waals surface area contributed by atoms with Crippen LogP contribution in [0.25, 0.3) is 0 Å². The van der Waals surface area contributed by atoms with Crippen LogP contribution in [0.15, 0.2) is 10.7 Å². The van der Waals surface area contributed by atoms with Crippen molar-refractivity contribution in [1.82, 2.24) is 9.97 Å². The summed E-state index contributed by atoms with van der Waals surface area (Å²) < 4.78 is 22.6. The van der Waals surface area contributed by atoms with E-state index < -0.39 is 9.84 Å². The van der Waals surface area contributed by atoms with Crippen LogP contribution in [0.1, 0.15) is 19.2 Å². The maximum absolute atomic E-state index is 10.9. The van der Waals surface area contributed by atoms with Gasteiger partial charge in [-0.1, -0.05) is 6.92 Å². The second-order valence-corrected chi connectivity index (χ2v) is 6.83. The predicted molar refractivity (Wildman–Crippen MR) is 71.9 cm³/mol. The molecule has 0 aliphatic heterocycles. The number of aryl methyl sites for hydroxylation is 1. The van der Waals surface area contributed by atoms with Crippen molar-refractivity contribution >= 4 is 31.6 Å². The van der Waals surface area contributed by atoms with Gasteiger partial charge in [0.25, 0.3) is 0 Å². The summed E-state index contributed by atoms with van der Waals surface area (Å²) in [6, 6.07) is 1.78. The highest BCUT2D eigenvalue weighted by Crippen LogP contribution is 2.12. The quantitative estimate of drug-likeness (QED) is 0.637. The highest BCUT2D eigenvalue weighted by molar-refractivity contribution is 9.10. The van der Waals surface area contributed by atoms with Crippen LogP contribution in [-0.2, 0) is 16.3 Å². The van der Waals surface area contributed by atoms with Gasteiger partial charge < -0.3 is 5.32 Å². The van der Waals surface area contributed by atoms with Crippen molar-refractivity contribution in [3.05, 3.63) is 16.5 Å². The normalized spacial score (nSPS) is 11.5. The molecule has 0 bridgehead atoms. The summed E-state index contributed by atoms with van der Waals surface area (Å²) in [5, 5.41) is 3.09. The van der Waals surface area contributed by atoms with Gasteiger partial charge in [-0.05, 0) is 22.4 Å². The average molecular weight is 322 g/mol. The number of nitrogens with zero attached hydrogens (tertiary/aromatic N) is 2. The lowest BCUT2D eigenvalue weighted by Crippen LogP contribution is -2.11. The minimum absolute atomic E-state index is 0.187. The van der Waals surface area contributed by atoms with Crippen molar-refractivity contribution in [2.24, 2.45) is 0 Å². The number of sulfone groups is 1. The van der Waals surface area contributed by atoms with E-state index in [0.29, 0.717) is 13.0 Å². The summed E-state index contributed by atoms with van der Waals surface area (Å²) in [5.74, 6) is 1.66. The largest absolute Gasteiger partial charge is 0.370 e. The molecule has 1 rings (SSSR count). The van der Waals surface area contributed by atoms with Gasteiger partial charge in [-0.3, -0.25) is 0 Å². The van der Waals surface area contributed by atoms with Crippen LogP contribution in [0.4, 0.5) is 5.82 Å². The highest BCUT2D eigenvalue weighted by Gasteiger charge is 2.03. The Morgan fingerprint density at radius 2 is 2.12 bits per heavy atom. The van der Waals surface area contributed by atoms with E-state index in [4.69, 9.17) is 0 Å². The smallest absolute Gasteiger partial charge is 0.147 e. The number of hydrogen-bond acceptors (Lipinski definition) is 5. The third kappa shape index (κ3) is 5.97. The number of halogens is 1. The average Bonchev–Trinajstić information content (AvgIpc) is 2.22. The zero-order valence-electron chi connectivity index (χ0n) is 9.90. The second-order valence-electron chi connectivity index (χ2n) is 3.76. The minimum Gasteiger partial charge on any atom is -0.370 e. The summed E-state index contributed by atoms with van der Waals surface area (Å²) in [7, 11) is -2.88. The van der Waals surface area contributed by atoms with Crippen molar-refractivity contribution in [3.63, 3.8) is 0 Å². The molecule has 0 saturated heterocycles. The van der Waals surface area contributed by atoms with Gasteiger partial charge in [0.1, 0.15) is 26.1 Å². The maximum Gasteiger partial charge on any atom is 0.147 e. The topological polar surface area (TPSA) is 72.0 Å². The molecule has 1 aromatic heterocycles. The molecule has 0 atom stereocenters. The molecule has 1 N–H and O–H groups in total. The molecular weight excluding hydrogens is 306 g/mol. The summed E-state index contributed by atoms with van der Waals surface area (Å²) in [5.41, 5.74) is 0. The highest BCUT2D eigenvalue weighted by atomic mass is 79.9. The van der Waals surface area contributed by atoms with Crippen molar-refractivity contribution in [1.29, 1.82) is 0 Å². The van der Waals surface area contributed by atoms with Gasteiger partial charge in [-0.25, -0.2) is 18.4 Å². The third-order valence-electron chi connectivity index (χ3n) is 2.06. The van der Waals surface area contributed by atoms with Crippen molar-refractivity contribution in [3.8, 4) is 0 Å². The van der Waals surface area contributed by atoms with E-state index in [9.17, 15) is 8.42 Å². The van der Waals surface area contributed by atoms with Crippen LogP contribution in [0.5, 0.6) is 0 Å². The van der Waals surface area contributed by atoms with E-state index in [1.165, 1.54) is 6.26 Å². The lowest BCUT2D eigenvalue weighted by molar-refractivity contribution is 0.600. The summed E-state index contributed by atoms with van der Waals surface area (Å²) in [6.45, 7) is 2.56. The molecule has 17 heavy (non-hydrogen) atoms. The molecule has 0 fully saturated rings. The Labute approximate surface area is 110 Å². The number of rotatable bonds is 6. The molecule has 96 valence electrons.